The van der Waals surface area contributed by atoms with Gasteiger partial charge in [0.2, 0.25) is 5.91 Å². The predicted octanol–water partition coefficient (Wildman–Crippen LogP) is 0.297. The van der Waals surface area contributed by atoms with Crippen molar-refractivity contribution in [1.29, 1.82) is 0 Å². The molecule has 14 heavy (non-hydrogen) atoms. The predicted molar refractivity (Wildman–Crippen MR) is 60.4 cm³/mol. The molecule has 0 bridgehead atoms. The number of likely N-dealkylation sites (tertiary alicyclic amines) is 1. The largest absolute Gasteiger partial charge is 0.383 e. The molecule has 0 saturated carbocycles. The van der Waals surface area contributed by atoms with Gasteiger partial charge in [0.05, 0.1) is 12.6 Å². The fraction of sp³-hybridized carbons (Fsp3) is 0.875. The fourth-order valence-electron chi connectivity index (χ4n) is 1.38. The first-order chi connectivity index (χ1) is 5.79. The minimum absolute atomic E-state index is 0. The van der Waals surface area contributed by atoms with E-state index >= 15 is 0 Å². The van der Waals surface area contributed by atoms with Crippen LogP contribution in [-0.2, 0) is 9.53 Å². The second kappa shape index (κ2) is 8.29. The Morgan fingerprint density at radius 2 is 2.21 bits per heavy atom. The van der Waals surface area contributed by atoms with Crippen molar-refractivity contribution in [3.8, 4) is 0 Å². The van der Waals surface area contributed by atoms with E-state index < -0.39 is 0 Å². The fourth-order valence-corrected chi connectivity index (χ4v) is 1.38. The molecule has 0 aliphatic carbocycles. The van der Waals surface area contributed by atoms with Gasteiger partial charge < -0.3 is 10.1 Å². The minimum atomic E-state index is 0. The van der Waals surface area contributed by atoms with Crippen LogP contribution >= 0.6 is 24.8 Å². The van der Waals surface area contributed by atoms with Gasteiger partial charge in [-0.15, -0.1) is 24.8 Å². The monoisotopic (exact) mass is 244 g/mol. The maximum absolute atomic E-state index is 11.2. The van der Waals surface area contributed by atoms with Crippen LogP contribution in [0, 0.1) is 0 Å². The molecule has 1 aliphatic rings. The number of methoxy groups -OCH3 is 1. The molecule has 1 aliphatic heterocycles. The molecule has 4 nitrogen and oxygen atoms in total. The zero-order chi connectivity index (χ0) is 8.97. The molecule has 1 fully saturated rings. The van der Waals surface area contributed by atoms with Crippen LogP contribution in [0.15, 0.2) is 0 Å². The zero-order valence-corrected chi connectivity index (χ0v) is 10.1. The summed E-state index contributed by atoms with van der Waals surface area (Å²) in [6.45, 7) is 2.57. The number of nitrogens with zero attached hydrogens (tertiary/aromatic N) is 1. The molecule has 0 aromatic heterocycles. The van der Waals surface area contributed by atoms with E-state index in [1.54, 1.807) is 14.2 Å². The number of carbonyl (C=O) groups is 1. The van der Waals surface area contributed by atoms with E-state index in [0.29, 0.717) is 6.61 Å². The maximum atomic E-state index is 11.2. The Morgan fingerprint density at radius 1 is 1.57 bits per heavy atom. The molecule has 86 valence electrons. The van der Waals surface area contributed by atoms with E-state index in [1.807, 2.05) is 0 Å². The molecule has 1 rings (SSSR count). The molecule has 1 heterocycles. The van der Waals surface area contributed by atoms with Gasteiger partial charge in [-0.2, -0.15) is 0 Å². The van der Waals surface area contributed by atoms with E-state index in [4.69, 9.17) is 4.74 Å². The van der Waals surface area contributed by atoms with Crippen LogP contribution in [0.25, 0.3) is 0 Å². The topological polar surface area (TPSA) is 41.6 Å². The Bertz CT molecular complexity index is 169. The Balaban J connectivity index is 0. The van der Waals surface area contributed by atoms with Gasteiger partial charge in [-0.25, -0.2) is 0 Å². The highest BCUT2D eigenvalue weighted by Gasteiger charge is 2.32. The lowest BCUT2D eigenvalue weighted by molar-refractivity contribution is -0.130. The Kier molecular flexibility index (Phi) is 9.72. The van der Waals surface area contributed by atoms with Gasteiger partial charge in [0, 0.05) is 27.2 Å². The van der Waals surface area contributed by atoms with Crippen molar-refractivity contribution in [3.05, 3.63) is 0 Å². The summed E-state index contributed by atoms with van der Waals surface area (Å²) in [4.78, 5) is 13.3. The van der Waals surface area contributed by atoms with Crippen molar-refractivity contribution >= 4 is 30.7 Å². The van der Waals surface area contributed by atoms with Crippen molar-refractivity contribution < 1.29 is 9.53 Å². The maximum Gasteiger partial charge on any atom is 0.237 e. The van der Waals surface area contributed by atoms with E-state index in [2.05, 4.69) is 10.2 Å². The first-order valence-corrected chi connectivity index (χ1v) is 4.24. The normalized spacial score (nSPS) is 20.0. The lowest BCUT2D eigenvalue weighted by atomic mass is 10.0. The van der Waals surface area contributed by atoms with Gasteiger partial charge in [-0.3, -0.25) is 9.69 Å². The van der Waals surface area contributed by atoms with Crippen LogP contribution < -0.4 is 5.32 Å². The molecule has 0 aromatic rings. The average molecular weight is 245 g/mol. The summed E-state index contributed by atoms with van der Waals surface area (Å²) in [5.74, 6) is 0.123. The summed E-state index contributed by atoms with van der Waals surface area (Å²) in [5.41, 5.74) is 0. The Labute approximate surface area is 97.2 Å². The molecular formula is C8H18Cl2N2O2. The summed E-state index contributed by atoms with van der Waals surface area (Å²) in [6.07, 6.45) is 0.976. The van der Waals surface area contributed by atoms with E-state index in [0.717, 1.165) is 19.5 Å². The molecule has 1 saturated heterocycles. The zero-order valence-electron chi connectivity index (χ0n) is 8.49. The standard InChI is InChI=1S/C8H16N2O2.2ClH/c1-9-8(11)7-3-4-10(7)5-6-12-2;;/h7H,3-6H2,1-2H3,(H,9,11);2*1H. The molecule has 0 spiro atoms. The third-order valence-corrected chi connectivity index (χ3v) is 2.26. The highest BCUT2D eigenvalue weighted by atomic mass is 35.5. The van der Waals surface area contributed by atoms with Crippen LogP contribution in [0.2, 0.25) is 0 Å². The smallest absolute Gasteiger partial charge is 0.237 e. The van der Waals surface area contributed by atoms with E-state index in [1.165, 1.54) is 0 Å². The summed E-state index contributed by atoms with van der Waals surface area (Å²) >= 11 is 0. The number of halogens is 2. The van der Waals surface area contributed by atoms with Gasteiger partial charge in [0.1, 0.15) is 0 Å². The second-order valence-corrected chi connectivity index (χ2v) is 2.95. The Hall–Kier alpha value is -0.0300. The highest BCUT2D eigenvalue weighted by Crippen LogP contribution is 2.16. The number of nitrogens with one attached hydrogen (secondary N) is 1. The molecule has 1 atom stereocenters. The molecule has 6 heteroatoms. The van der Waals surface area contributed by atoms with Gasteiger partial charge in [-0.1, -0.05) is 0 Å². The van der Waals surface area contributed by atoms with Gasteiger partial charge >= 0.3 is 0 Å². The van der Waals surface area contributed by atoms with E-state index in [-0.39, 0.29) is 36.8 Å². The first kappa shape index (κ1) is 16.4. The number of amides is 1. The Morgan fingerprint density at radius 3 is 2.57 bits per heavy atom. The molecule has 1 N–H and O–H groups in total. The SMILES string of the molecule is CNC(=O)C1CCN1CCOC.Cl.Cl. The van der Waals surface area contributed by atoms with Crippen LogP contribution in [0.4, 0.5) is 0 Å². The molecule has 1 unspecified atom stereocenters. The molecule has 0 radical (unpaired) electrons. The van der Waals surface area contributed by atoms with Gasteiger partial charge in [-0.05, 0) is 6.42 Å². The van der Waals surface area contributed by atoms with Crippen molar-refractivity contribution in [2.45, 2.75) is 12.5 Å². The van der Waals surface area contributed by atoms with Crippen molar-refractivity contribution in [1.82, 2.24) is 10.2 Å². The number of likely N-dealkylation sites (N-methyl/N-ethyl adjacent to an activating group) is 1. The lowest BCUT2D eigenvalue weighted by Gasteiger charge is -2.39. The summed E-state index contributed by atoms with van der Waals surface area (Å²) < 4.78 is 4.94. The second-order valence-electron chi connectivity index (χ2n) is 2.95. The van der Waals surface area contributed by atoms with Crippen molar-refractivity contribution in [2.24, 2.45) is 0 Å². The summed E-state index contributed by atoms with van der Waals surface area (Å²) in [7, 11) is 3.35. The van der Waals surface area contributed by atoms with Gasteiger partial charge in [0.25, 0.3) is 0 Å². The number of rotatable bonds is 4. The highest BCUT2D eigenvalue weighted by molar-refractivity contribution is 5.85. The number of ether oxygens (including phenoxy) is 1. The quantitative estimate of drug-likeness (QED) is 0.774. The van der Waals surface area contributed by atoms with E-state index in [9.17, 15) is 4.79 Å². The number of hydrogen-bond acceptors (Lipinski definition) is 3. The van der Waals surface area contributed by atoms with Crippen molar-refractivity contribution in [3.63, 3.8) is 0 Å². The van der Waals surface area contributed by atoms with Crippen LogP contribution in [0.3, 0.4) is 0 Å². The third kappa shape index (κ3) is 4.00. The number of hydrogen-bond donors (Lipinski definition) is 1. The average Bonchev–Trinajstić information content (AvgIpc) is 2.03. The first-order valence-electron chi connectivity index (χ1n) is 4.24. The lowest BCUT2D eigenvalue weighted by Crippen LogP contribution is -2.56. The third-order valence-electron chi connectivity index (χ3n) is 2.26. The summed E-state index contributed by atoms with van der Waals surface area (Å²) in [6, 6.07) is 0.0881. The van der Waals surface area contributed by atoms with Gasteiger partial charge in [0.15, 0.2) is 0 Å². The van der Waals surface area contributed by atoms with Crippen LogP contribution in [-0.4, -0.2) is 50.7 Å². The van der Waals surface area contributed by atoms with Crippen LogP contribution in [0.1, 0.15) is 6.42 Å². The number of carbonyl (C=O) groups excluding carboxylic acids is 1. The summed E-state index contributed by atoms with van der Waals surface area (Å²) in [5, 5.41) is 2.65. The molecule has 1 amide bonds. The van der Waals surface area contributed by atoms with Crippen LogP contribution in [0.5, 0.6) is 0 Å². The molecular weight excluding hydrogens is 227 g/mol. The van der Waals surface area contributed by atoms with Crippen molar-refractivity contribution in [2.75, 3.05) is 33.9 Å². The molecule has 0 aromatic carbocycles. The minimum Gasteiger partial charge on any atom is -0.383 e.